The molecule has 2 aromatic rings. The van der Waals surface area contributed by atoms with Crippen LogP contribution in [-0.4, -0.2) is 41.3 Å². The summed E-state index contributed by atoms with van der Waals surface area (Å²) >= 11 is 0. The molecule has 5 nitrogen and oxygen atoms in total. The molecule has 0 aliphatic carbocycles. The molecule has 0 spiro atoms. The van der Waals surface area contributed by atoms with E-state index >= 15 is 0 Å². The maximum Gasteiger partial charge on any atom is 0.242 e. The molecule has 1 fully saturated rings. The first kappa shape index (κ1) is 15.5. The zero-order chi connectivity index (χ0) is 16.2. The number of aromatic nitrogens is 1. The van der Waals surface area contributed by atoms with Gasteiger partial charge in [-0.1, -0.05) is 24.3 Å². The number of hydrogen-bond acceptors (Lipinski definition) is 3. The van der Waals surface area contributed by atoms with Crippen molar-refractivity contribution in [3.05, 3.63) is 42.1 Å². The topological polar surface area (TPSA) is 62.3 Å². The molecule has 3 rings (SSSR count). The molecule has 120 valence electrons. The number of nitrogens with one attached hydrogen (secondary N) is 1. The Morgan fingerprint density at radius 2 is 2.09 bits per heavy atom. The average molecular weight is 311 g/mol. The molecule has 2 heterocycles. The number of para-hydroxylation sites is 1. The predicted molar refractivity (Wildman–Crippen MR) is 88.9 cm³/mol. The number of hydrogen-bond donors (Lipinski definition) is 1. The van der Waals surface area contributed by atoms with Crippen LogP contribution < -0.4 is 5.32 Å². The molecule has 0 bridgehead atoms. The number of likely N-dealkylation sites (N-methyl/N-ethyl adjacent to an activating group) is 1. The fourth-order valence-corrected chi connectivity index (χ4v) is 3.24. The zero-order valence-electron chi connectivity index (χ0n) is 13.3. The quantitative estimate of drug-likeness (QED) is 0.942. The number of carbonyl (C=O) groups is 2. The molecule has 1 N–H and O–H groups in total. The highest BCUT2D eigenvalue weighted by Crippen LogP contribution is 2.21. The summed E-state index contributed by atoms with van der Waals surface area (Å²) in [4.78, 5) is 30.9. The van der Waals surface area contributed by atoms with E-state index in [1.807, 2.05) is 30.3 Å². The summed E-state index contributed by atoms with van der Waals surface area (Å²) in [7, 11) is 1.62. The molecule has 1 atom stereocenters. The molecule has 1 aromatic carbocycles. The molecule has 0 saturated carbocycles. The lowest BCUT2D eigenvalue weighted by Gasteiger charge is -2.34. The molecular weight excluding hydrogens is 290 g/mol. The van der Waals surface area contributed by atoms with Gasteiger partial charge in [0.1, 0.15) is 6.04 Å². The summed E-state index contributed by atoms with van der Waals surface area (Å²) in [5, 5.41) is 3.69. The van der Waals surface area contributed by atoms with E-state index in [1.54, 1.807) is 18.1 Å². The SMILES string of the molecule is CNC(=O)C1CCCCN1C(=O)Cc1cccc2cccnc12. The maximum absolute atomic E-state index is 12.8. The molecule has 2 amide bonds. The molecule has 1 aliphatic heterocycles. The van der Waals surface area contributed by atoms with E-state index < -0.39 is 0 Å². The van der Waals surface area contributed by atoms with Gasteiger partial charge in [0.25, 0.3) is 0 Å². The van der Waals surface area contributed by atoms with Crippen molar-refractivity contribution in [2.24, 2.45) is 0 Å². The highest BCUT2D eigenvalue weighted by atomic mass is 16.2. The minimum atomic E-state index is -0.343. The van der Waals surface area contributed by atoms with Crippen LogP contribution >= 0.6 is 0 Å². The Kier molecular flexibility index (Phi) is 4.55. The number of benzene rings is 1. The average Bonchev–Trinajstić information content (AvgIpc) is 2.61. The van der Waals surface area contributed by atoms with Crippen LogP contribution in [-0.2, 0) is 16.0 Å². The van der Waals surface area contributed by atoms with Crippen molar-refractivity contribution >= 4 is 22.7 Å². The number of fused-ring (bicyclic) bond motifs is 1. The normalized spacial score (nSPS) is 18.0. The van der Waals surface area contributed by atoms with Crippen LogP contribution in [0.4, 0.5) is 0 Å². The first-order valence-electron chi connectivity index (χ1n) is 8.04. The summed E-state index contributed by atoms with van der Waals surface area (Å²) < 4.78 is 0. The van der Waals surface area contributed by atoms with Crippen molar-refractivity contribution in [3.63, 3.8) is 0 Å². The van der Waals surface area contributed by atoms with Gasteiger partial charge in [-0.15, -0.1) is 0 Å². The minimum absolute atomic E-state index is 0.00328. The number of carbonyl (C=O) groups excluding carboxylic acids is 2. The highest BCUT2D eigenvalue weighted by molar-refractivity contribution is 5.91. The largest absolute Gasteiger partial charge is 0.357 e. The van der Waals surface area contributed by atoms with Crippen molar-refractivity contribution in [1.82, 2.24) is 15.2 Å². The summed E-state index contributed by atoms with van der Waals surface area (Å²) in [6, 6.07) is 9.41. The standard InChI is InChI=1S/C18H21N3O2/c1-19-18(23)15-9-2-3-11-21(15)16(22)12-14-7-4-6-13-8-5-10-20-17(13)14/h4-8,10,15H,2-3,9,11-12H2,1H3,(H,19,23). The van der Waals surface area contributed by atoms with Crippen molar-refractivity contribution < 1.29 is 9.59 Å². The molecule has 1 aromatic heterocycles. The molecule has 5 heteroatoms. The maximum atomic E-state index is 12.8. The molecule has 23 heavy (non-hydrogen) atoms. The van der Waals surface area contributed by atoms with Crippen molar-refractivity contribution in [1.29, 1.82) is 0 Å². The van der Waals surface area contributed by atoms with Gasteiger partial charge in [0.15, 0.2) is 0 Å². The molecule has 1 aliphatic rings. The molecular formula is C18H21N3O2. The second kappa shape index (κ2) is 6.77. The van der Waals surface area contributed by atoms with Gasteiger partial charge in [-0.2, -0.15) is 0 Å². The van der Waals surface area contributed by atoms with Crippen LogP contribution in [0.25, 0.3) is 10.9 Å². The third kappa shape index (κ3) is 3.18. The second-order valence-electron chi connectivity index (χ2n) is 5.88. The number of nitrogens with zero attached hydrogens (tertiary/aromatic N) is 2. The van der Waals surface area contributed by atoms with Gasteiger partial charge < -0.3 is 10.2 Å². The Labute approximate surface area is 135 Å². The van der Waals surface area contributed by atoms with Crippen LogP contribution in [0.3, 0.4) is 0 Å². The lowest BCUT2D eigenvalue weighted by Crippen LogP contribution is -2.51. The summed E-state index contributed by atoms with van der Waals surface area (Å²) in [5.74, 6) is -0.0782. The fraction of sp³-hybridized carbons (Fsp3) is 0.389. The number of amides is 2. The fourth-order valence-electron chi connectivity index (χ4n) is 3.24. The first-order valence-corrected chi connectivity index (χ1v) is 8.04. The van der Waals surface area contributed by atoms with Crippen LogP contribution in [0.1, 0.15) is 24.8 Å². The van der Waals surface area contributed by atoms with Gasteiger partial charge in [0.2, 0.25) is 11.8 Å². The molecule has 1 unspecified atom stereocenters. The molecule has 0 radical (unpaired) electrons. The Balaban J connectivity index is 1.83. The van der Waals surface area contributed by atoms with E-state index in [0.29, 0.717) is 6.54 Å². The number of piperidine rings is 1. The van der Waals surface area contributed by atoms with Gasteiger partial charge >= 0.3 is 0 Å². The Hall–Kier alpha value is -2.43. The smallest absolute Gasteiger partial charge is 0.242 e. The summed E-state index contributed by atoms with van der Waals surface area (Å²) in [6.45, 7) is 0.648. The lowest BCUT2D eigenvalue weighted by molar-refractivity contribution is -0.141. The first-order chi connectivity index (χ1) is 11.2. The third-order valence-electron chi connectivity index (χ3n) is 4.43. The van der Waals surface area contributed by atoms with Crippen LogP contribution in [0.15, 0.2) is 36.5 Å². The van der Waals surface area contributed by atoms with Crippen LogP contribution in [0, 0.1) is 0 Å². The monoisotopic (exact) mass is 311 g/mol. The zero-order valence-corrected chi connectivity index (χ0v) is 13.3. The van der Waals surface area contributed by atoms with E-state index in [1.165, 1.54) is 0 Å². The Morgan fingerprint density at radius 1 is 1.26 bits per heavy atom. The van der Waals surface area contributed by atoms with Crippen molar-refractivity contribution in [2.45, 2.75) is 31.7 Å². The number of likely N-dealkylation sites (tertiary alicyclic amines) is 1. The van der Waals surface area contributed by atoms with E-state index in [9.17, 15) is 9.59 Å². The van der Waals surface area contributed by atoms with Gasteiger partial charge in [-0.25, -0.2) is 0 Å². The predicted octanol–water partition coefficient (Wildman–Crippen LogP) is 1.90. The lowest BCUT2D eigenvalue weighted by atomic mass is 9.99. The number of pyridine rings is 1. The number of rotatable bonds is 3. The van der Waals surface area contributed by atoms with Crippen LogP contribution in [0.2, 0.25) is 0 Å². The van der Waals surface area contributed by atoms with E-state index in [2.05, 4.69) is 10.3 Å². The second-order valence-corrected chi connectivity index (χ2v) is 5.88. The van der Waals surface area contributed by atoms with Crippen molar-refractivity contribution in [2.75, 3.05) is 13.6 Å². The van der Waals surface area contributed by atoms with E-state index in [4.69, 9.17) is 0 Å². The Morgan fingerprint density at radius 3 is 2.91 bits per heavy atom. The van der Waals surface area contributed by atoms with Crippen molar-refractivity contribution in [3.8, 4) is 0 Å². The third-order valence-corrected chi connectivity index (χ3v) is 4.43. The highest BCUT2D eigenvalue weighted by Gasteiger charge is 2.31. The summed E-state index contributed by atoms with van der Waals surface area (Å²) in [5.41, 5.74) is 1.77. The van der Waals surface area contributed by atoms with E-state index in [0.717, 1.165) is 35.7 Å². The van der Waals surface area contributed by atoms with Gasteiger partial charge in [-0.05, 0) is 30.9 Å². The van der Waals surface area contributed by atoms with Crippen LogP contribution in [0.5, 0.6) is 0 Å². The van der Waals surface area contributed by atoms with Gasteiger partial charge in [0, 0.05) is 25.2 Å². The Bertz CT molecular complexity index is 724. The van der Waals surface area contributed by atoms with Gasteiger partial charge in [-0.3, -0.25) is 14.6 Å². The van der Waals surface area contributed by atoms with E-state index in [-0.39, 0.29) is 24.3 Å². The van der Waals surface area contributed by atoms with Gasteiger partial charge in [0.05, 0.1) is 11.9 Å². The molecule has 1 saturated heterocycles. The summed E-state index contributed by atoms with van der Waals surface area (Å²) in [6.07, 6.45) is 4.69. The minimum Gasteiger partial charge on any atom is -0.357 e.